The van der Waals surface area contributed by atoms with E-state index < -0.39 is 0 Å². The zero-order valence-corrected chi connectivity index (χ0v) is 15.6. The van der Waals surface area contributed by atoms with E-state index in [4.69, 9.17) is 0 Å². The molecular formula is C22H21N5. The SMILES string of the molecule is Cc1ccc(-n2cc(-c3ccnc(Nc4ccccc4C)n3)c(C)n2)cc1. The fraction of sp³-hybridized carbons (Fsp3) is 0.136. The lowest BCUT2D eigenvalue weighted by molar-refractivity contribution is 0.862. The summed E-state index contributed by atoms with van der Waals surface area (Å²) in [5.74, 6) is 0.573. The summed E-state index contributed by atoms with van der Waals surface area (Å²) in [4.78, 5) is 9.04. The Kier molecular flexibility index (Phi) is 4.42. The van der Waals surface area contributed by atoms with Crippen LogP contribution in [0, 0.1) is 20.8 Å². The average Bonchev–Trinajstić information content (AvgIpc) is 3.06. The lowest BCUT2D eigenvalue weighted by Crippen LogP contribution is -1.99. The number of nitrogens with one attached hydrogen (secondary N) is 1. The smallest absolute Gasteiger partial charge is 0.227 e. The standard InChI is InChI=1S/C22H21N5/c1-15-8-10-18(11-9-15)27-14-19(17(3)26-27)21-12-13-23-22(25-21)24-20-7-5-4-6-16(20)2/h4-14H,1-3H3,(H,23,24,25). The van der Waals surface area contributed by atoms with E-state index >= 15 is 0 Å². The zero-order valence-electron chi connectivity index (χ0n) is 15.6. The quantitative estimate of drug-likeness (QED) is 0.560. The van der Waals surface area contributed by atoms with Crippen LogP contribution in [0.4, 0.5) is 11.6 Å². The molecule has 0 saturated heterocycles. The highest BCUT2D eigenvalue weighted by Crippen LogP contribution is 2.24. The maximum atomic E-state index is 4.69. The van der Waals surface area contributed by atoms with Gasteiger partial charge in [0.05, 0.1) is 17.1 Å². The third-order valence-electron chi connectivity index (χ3n) is 4.52. The minimum Gasteiger partial charge on any atom is -0.324 e. The monoisotopic (exact) mass is 355 g/mol. The molecule has 0 atom stereocenters. The molecule has 27 heavy (non-hydrogen) atoms. The maximum Gasteiger partial charge on any atom is 0.227 e. The molecule has 5 heteroatoms. The molecule has 0 spiro atoms. The molecule has 2 heterocycles. The predicted octanol–water partition coefficient (Wildman–Crippen LogP) is 5.00. The van der Waals surface area contributed by atoms with Gasteiger partial charge in [0.25, 0.3) is 0 Å². The van der Waals surface area contributed by atoms with Crippen LogP contribution in [0.1, 0.15) is 16.8 Å². The molecule has 2 aromatic heterocycles. The van der Waals surface area contributed by atoms with Crippen LogP contribution in [-0.4, -0.2) is 19.7 Å². The third-order valence-corrected chi connectivity index (χ3v) is 4.52. The second kappa shape index (κ2) is 7.03. The summed E-state index contributed by atoms with van der Waals surface area (Å²) in [7, 11) is 0. The van der Waals surface area contributed by atoms with Crippen LogP contribution >= 0.6 is 0 Å². The van der Waals surface area contributed by atoms with Gasteiger partial charge in [0.2, 0.25) is 5.95 Å². The van der Waals surface area contributed by atoms with Crippen molar-refractivity contribution in [2.45, 2.75) is 20.8 Å². The van der Waals surface area contributed by atoms with Crippen molar-refractivity contribution < 1.29 is 0 Å². The van der Waals surface area contributed by atoms with Crippen molar-refractivity contribution in [2.75, 3.05) is 5.32 Å². The Balaban J connectivity index is 1.66. The Hall–Kier alpha value is -3.47. The van der Waals surface area contributed by atoms with Crippen LogP contribution in [0.15, 0.2) is 67.0 Å². The van der Waals surface area contributed by atoms with Crippen molar-refractivity contribution >= 4 is 11.6 Å². The summed E-state index contributed by atoms with van der Waals surface area (Å²) in [6.07, 6.45) is 3.78. The second-order valence-corrected chi connectivity index (χ2v) is 6.61. The van der Waals surface area contributed by atoms with E-state index in [1.54, 1.807) is 6.20 Å². The molecule has 2 aromatic carbocycles. The molecule has 0 aliphatic heterocycles. The van der Waals surface area contributed by atoms with Crippen molar-refractivity contribution in [3.63, 3.8) is 0 Å². The normalized spacial score (nSPS) is 10.8. The average molecular weight is 355 g/mol. The molecule has 0 unspecified atom stereocenters. The van der Waals surface area contributed by atoms with Crippen LogP contribution in [0.25, 0.3) is 16.9 Å². The molecule has 0 amide bonds. The molecule has 0 saturated carbocycles. The lowest BCUT2D eigenvalue weighted by Gasteiger charge is -2.08. The van der Waals surface area contributed by atoms with Crippen molar-refractivity contribution in [1.29, 1.82) is 0 Å². The molecular weight excluding hydrogens is 334 g/mol. The molecule has 0 aliphatic carbocycles. The Morgan fingerprint density at radius 3 is 2.44 bits per heavy atom. The number of aromatic nitrogens is 4. The highest BCUT2D eigenvalue weighted by molar-refractivity contribution is 5.64. The van der Waals surface area contributed by atoms with Gasteiger partial charge in [0.1, 0.15) is 0 Å². The first-order chi connectivity index (χ1) is 13.1. The zero-order chi connectivity index (χ0) is 18.8. The number of hydrogen-bond acceptors (Lipinski definition) is 4. The van der Waals surface area contributed by atoms with E-state index in [1.165, 1.54) is 5.56 Å². The van der Waals surface area contributed by atoms with Crippen LogP contribution in [0.2, 0.25) is 0 Å². The summed E-state index contributed by atoms with van der Waals surface area (Å²) in [6.45, 7) is 6.13. The highest BCUT2D eigenvalue weighted by Gasteiger charge is 2.11. The Labute approximate surface area is 158 Å². The fourth-order valence-electron chi connectivity index (χ4n) is 2.94. The predicted molar refractivity (Wildman–Crippen MR) is 109 cm³/mol. The van der Waals surface area contributed by atoms with Crippen LogP contribution in [0.3, 0.4) is 0 Å². The van der Waals surface area contributed by atoms with Gasteiger partial charge in [-0.2, -0.15) is 5.10 Å². The summed E-state index contributed by atoms with van der Waals surface area (Å²) >= 11 is 0. The maximum absolute atomic E-state index is 4.69. The van der Waals surface area contributed by atoms with Crippen LogP contribution < -0.4 is 5.32 Å². The molecule has 0 fully saturated rings. The first-order valence-electron chi connectivity index (χ1n) is 8.89. The lowest BCUT2D eigenvalue weighted by atomic mass is 10.2. The molecule has 134 valence electrons. The van der Waals surface area contributed by atoms with E-state index in [0.717, 1.165) is 33.9 Å². The molecule has 1 N–H and O–H groups in total. The van der Waals surface area contributed by atoms with Gasteiger partial charge in [-0.25, -0.2) is 14.6 Å². The molecule has 0 aliphatic rings. The van der Waals surface area contributed by atoms with Crippen molar-refractivity contribution in [3.05, 3.63) is 83.8 Å². The first-order valence-corrected chi connectivity index (χ1v) is 8.89. The number of anilines is 2. The van der Waals surface area contributed by atoms with Crippen molar-refractivity contribution in [2.24, 2.45) is 0 Å². The van der Waals surface area contributed by atoms with E-state index in [9.17, 15) is 0 Å². The van der Waals surface area contributed by atoms with E-state index in [1.807, 2.05) is 42.1 Å². The van der Waals surface area contributed by atoms with Gasteiger partial charge < -0.3 is 5.32 Å². The van der Waals surface area contributed by atoms with Crippen LogP contribution in [-0.2, 0) is 0 Å². The minimum atomic E-state index is 0.573. The van der Waals surface area contributed by atoms with Gasteiger partial charge in [-0.3, -0.25) is 0 Å². The Morgan fingerprint density at radius 2 is 1.67 bits per heavy atom. The largest absolute Gasteiger partial charge is 0.324 e. The Morgan fingerprint density at radius 1 is 0.889 bits per heavy atom. The topological polar surface area (TPSA) is 55.6 Å². The van der Waals surface area contributed by atoms with E-state index in [2.05, 4.69) is 64.6 Å². The first kappa shape index (κ1) is 17.0. The van der Waals surface area contributed by atoms with Gasteiger partial charge in [0, 0.05) is 23.6 Å². The van der Waals surface area contributed by atoms with E-state index in [0.29, 0.717) is 5.95 Å². The highest BCUT2D eigenvalue weighted by atomic mass is 15.3. The van der Waals surface area contributed by atoms with Gasteiger partial charge >= 0.3 is 0 Å². The summed E-state index contributed by atoms with van der Waals surface area (Å²) in [6, 6.07) is 18.3. The number of aryl methyl sites for hydroxylation is 3. The third kappa shape index (κ3) is 3.58. The number of nitrogens with zero attached hydrogens (tertiary/aromatic N) is 4. The second-order valence-electron chi connectivity index (χ2n) is 6.61. The Bertz CT molecular complexity index is 1080. The van der Waals surface area contributed by atoms with E-state index in [-0.39, 0.29) is 0 Å². The van der Waals surface area contributed by atoms with Crippen molar-refractivity contribution in [3.8, 4) is 16.9 Å². The van der Waals surface area contributed by atoms with Gasteiger partial charge in [-0.05, 0) is 50.6 Å². The number of para-hydroxylation sites is 1. The number of benzene rings is 2. The summed E-state index contributed by atoms with van der Waals surface area (Å²) in [5, 5.41) is 7.95. The van der Waals surface area contributed by atoms with Gasteiger partial charge in [-0.15, -0.1) is 0 Å². The van der Waals surface area contributed by atoms with Gasteiger partial charge in [-0.1, -0.05) is 35.9 Å². The molecule has 4 aromatic rings. The summed E-state index contributed by atoms with van der Waals surface area (Å²) in [5.41, 5.74) is 7.17. The fourth-order valence-corrected chi connectivity index (χ4v) is 2.94. The van der Waals surface area contributed by atoms with Crippen molar-refractivity contribution in [1.82, 2.24) is 19.7 Å². The molecule has 5 nitrogen and oxygen atoms in total. The molecule has 0 bridgehead atoms. The number of rotatable bonds is 4. The number of hydrogen-bond donors (Lipinski definition) is 1. The molecule has 4 rings (SSSR count). The summed E-state index contributed by atoms with van der Waals surface area (Å²) < 4.78 is 1.89. The minimum absolute atomic E-state index is 0.573. The molecule has 0 radical (unpaired) electrons. The van der Waals surface area contributed by atoms with Crippen LogP contribution in [0.5, 0.6) is 0 Å². The van der Waals surface area contributed by atoms with Gasteiger partial charge in [0.15, 0.2) is 0 Å².